The minimum atomic E-state index is -6.06. The first-order valence-electron chi connectivity index (χ1n) is 19.1. The Bertz CT molecular complexity index is 1470. The highest BCUT2D eigenvalue weighted by Gasteiger charge is 2.86. The average molecular weight is 917 g/mol. The van der Waals surface area contributed by atoms with Crippen LogP contribution in [0.2, 0.25) is 0 Å². The minimum absolute atomic E-state index is 0.137. The number of rotatable bonds is 14. The zero-order valence-electron chi connectivity index (χ0n) is 37.7. The van der Waals surface area contributed by atoms with E-state index in [9.17, 15) is 72.6 Å². The fourth-order valence-corrected chi connectivity index (χ4v) is 4.32. The van der Waals surface area contributed by atoms with Crippen LogP contribution in [-0.4, -0.2) is 96.0 Å². The molecule has 1 aliphatic heterocycles. The maximum Gasteiger partial charge on any atom is 0.462 e. The fraction of sp³-hybridized carbons (Fsp3) is 0.897. The van der Waals surface area contributed by atoms with E-state index in [0.717, 1.165) is 6.42 Å². The van der Waals surface area contributed by atoms with Crippen LogP contribution in [0.4, 0.5) is 48.3 Å². The SMILES string of the molecule is CCC(C)(C)C(=O)OC(C)(C)C(O)(C(F)(F)F)C(F)(F)F.CCC(C)(C)C(=O)OC(OC)C(C)C.CCC(C)(C)C(=O)OC1(C)COC(OC(=O)C(C)C)(C(F)(F)F)C1(F)F. The van der Waals surface area contributed by atoms with Crippen molar-refractivity contribution in [2.24, 2.45) is 28.1 Å². The van der Waals surface area contributed by atoms with Gasteiger partial charge in [-0.15, -0.1) is 0 Å². The molecule has 0 aromatic carbocycles. The van der Waals surface area contributed by atoms with Crippen LogP contribution < -0.4 is 0 Å². The van der Waals surface area contributed by atoms with Crippen LogP contribution in [0, 0.1) is 28.1 Å². The highest BCUT2D eigenvalue weighted by molar-refractivity contribution is 5.77. The highest BCUT2D eigenvalue weighted by Crippen LogP contribution is 2.57. The first kappa shape index (κ1) is 60.1. The van der Waals surface area contributed by atoms with Crippen LogP contribution in [0.15, 0.2) is 0 Å². The minimum Gasteiger partial charge on any atom is -0.455 e. The topological polar surface area (TPSA) is 144 Å². The van der Waals surface area contributed by atoms with E-state index < -0.39 is 100 Å². The van der Waals surface area contributed by atoms with Gasteiger partial charge in [0.25, 0.3) is 5.60 Å². The molecule has 1 aliphatic rings. The zero-order chi connectivity index (χ0) is 49.6. The summed E-state index contributed by atoms with van der Waals surface area (Å²) in [6.45, 7) is 20.6. The third-order valence-corrected chi connectivity index (χ3v) is 10.4. The summed E-state index contributed by atoms with van der Waals surface area (Å²) in [6.07, 6.45) is -17.2. The summed E-state index contributed by atoms with van der Waals surface area (Å²) in [6, 6.07) is 0. The van der Waals surface area contributed by atoms with Crippen molar-refractivity contribution < 1.29 is 101 Å². The lowest BCUT2D eigenvalue weighted by atomic mass is 9.83. The van der Waals surface area contributed by atoms with Crippen LogP contribution in [0.25, 0.3) is 0 Å². The Labute approximate surface area is 350 Å². The van der Waals surface area contributed by atoms with Crippen molar-refractivity contribution in [3.63, 3.8) is 0 Å². The van der Waals surface area contributed by atoms with Gasteiger partial charge in [-0.1, -0.05) is 48.5 Å². The van der Waals surface area contributed by atoms with Gasteiger partial charge in [0, 0.05) is 13.0 Å². The van der Waals surface area contributed by atoms with Gasteiger partial charge < -0.3 is 33.5 Å². The number of hydrogen-bond acceptors (Lipinski definition) is 11. The quantitative estimate of drug-likeness (QED) is 0.0770. The number of halogens is 11. The summed E-state index contributed by atoms with van der Waals surface area (Å²) in [4.78, 5) is 47.2. The van der Waals surface area contributed by atoms with Crippen molar-refractivity contribution in [2.45, 2.75) is 183 Å². The summed E-state index contributed by atoms with van der Waals surface area (Å²) in [7, 11) is 1.55. The van der Waals surface area contributed by atoms with E-state index in [1.165, 1.54) is 48.5 Å². The number of carbonyl (C=O) groups is 4. The predicted octanol–water partition coefficient (Wildman–Crippen LogP) is 10.0. The molecule has 1 rings (SSSR count). The van der Waals surface area contributed by atoms with E-state index in [4.69, 9.17) is 14.2 Å². The Hall–Kier alpha value is -3.01. The molecule has 0 bridgehead atoms. The second-order valence-electron chi connectivity index (χ2n) is 17.7. The van der Waals surface area contributed by atoms with Gasteiger partial charge in [-0.05, 0) is 81.6 Å². The second kappa shape index (κ2) is 20.2. The van der Waals surface area contributed by atoms with E-state index >= 15 is 0 Å². The molecular weight excluding hydrogens is 853 g/mol. The number of ether oxygens (including phenoxy) is 6. The van der Waals surface area contributed by atoms with Crippen molar-refractivity contribution in [3.8, 4) is 0 Å². The predicted molar refractivity (Wildman–Crippen MR) is 196 cm³/mol. The van der Waals surface area contributed by atoms with Gasteiger partial charge in [-0.25, -0.2) is 0 Å². The zero-order valence-corrected chi connectivity index (χ0v) is 37.7. The normalized spacial score (nSPS) is 20.8. The third kappa shape index (κ3) is 13.3. The number of carbonyl (C=O) groups excluding carboxylic acids is 4. The summed E-state index contributed by atoms with van der Waals surface area (Å²) < 4.78 is 175. The van der Waals surface area contributed by atoms with Crippen molar-refractivity contribution in [1.82, 2.24) is 0 Å². The Balaban J connectivity index is 0. The molecule has 22 heteroatoms. The fourth-order valence-electron chi connectivity index (χ4n) is 4.32. The number of aliphatic hydroxyl groups is 1. The van der Waals surface area contributed by atoms with E-state index in [-0.39, 0.29) is 24.7 Å². The van der Waals surface area contributed by atoms with E-state index in [0.29, 0.717) is 20.8 Å². The molecule has 0 radical (unpaired) electrons. The molecule has 0 saturated carbocycles. The monoisotopic (exact) mass is 916 g/mol. The van der Waals surface area contributed by atoms with Gasteiger partial charge in [0.1, 0.15) is 0 Å². The van der Waals surface area contributed by atoms with Crippen molar-refractivity contribution in [2.75, 3.05) is 13.7 Å². The summed E-state index contributed by atoms with van der Waals surface area (Å²) in [5.74, 6) is -14.4. The van der Waals surface area contributed by atoms with Crippen molar-refractivity contribution in [3.05, 3.63) is 0 Å². The molecule has 0 aliphatic carbocycles. The van der Waals surface area contributed by atoms with Crippen LogP contribution >= 0.6 is 0 Å². The van der Waals surface area contributed by atoms with E-state index in [1.54, 1.807) is 14.0 Å². The molecule has 3 unspecified atom stereocenters. The van der Waals surface area contributed by atoms with Gasteiger partial charge >= 0.3 is 54.1 Å². The standard InChI is InChI=1S/C16H23F5O5.C12H18F6O3.C11H22O3/c1-7-12(4,5)11(23)26-13(6)8-24-15(14(13,17)18,16(19,20)21)25-10(22)9(2)3;1-6-8(2,3)7(19)21-9(4,5)10(20,11(13,14)15)12(16,17)18;1-7-11(4,5)10(12)14-9(13-6)8(2)3/h9H,7-8H2,1-6H3;20H,6H2,1-5H3;8-9H,7H2,1-6H3. The number of hydrogen-bond donors (Lipinski definition) is 1. The van der Waals surface area contributed by atoms with Gasteiger partial charge in [0.2, 0.25) is 11.9 Å². The molecule has 0 aromatic rings. The Morgan fingerprint density at radius 1 is 0.672 bits per heavy atom. The maximum absolute atomic E-state index is 14.9. The molecule has 1 heterocycles. The molecule has 11 nitrogen and oxygen atoms in total. The average Bonchev–Trinajstić information content (AvgIpc) is 3.29. The molecule has 0 amide bonds. The number of esters is 4. The Kier molecular flexibility index (Phi) is 19.9. The van der Waals surface area contributed by atoms with Crippen LogP contribution in [0.5, 0.6) is 0 Å². The number of alkyl halides is 11. The van der Waals surface area contributed by atoms with Crippen molar-refractivity contribution >= 4 is 23.9 Å². The molecule has 0 spiro atoms. The Morgan fingerprint density at radius 2 is 1.05 bits per heavy atom. The molecule has 61 heavy (non-hydrogen) atoms. The van der Waals surface area contributed by atoms with Gasteiger partial charge in [0.05, 0.1) is 28.8 Å². The molecule has 1 fully saturated rings. The lowest BCUT2D eigenvalue weighted by molar-refractivity contribution is -0.410. The van der Waals surface area contributed by atoms with Crippen LogP contribution in [0.3, 0.4) is 0 Å². The van der Waals surface area contributed by atoms with Crippen LogP contribution in [-0.2, 0) is 47.6 Å². The first-order chi connectivity index (χ1) is 26.8. The van der Waals surface area contributed by atoms with Gasteiger partial charge in [-0.3, -0.25) is 19.2 Å². The first-order valence-corrected chi connectivity index (χ1v) is 19.1. The van der Waals surface area contributed by atoms with E-state index in [2.05, 4.69) is 14.2 Å². The largest absolute Gasteiger partial charge is 0.462 e. The Morgan fingerprint density at radius 3 is 1.36 bits per heavy atom. The maximum atomic E-state index is 14.9. The summed E-state index contributed by atoms with van der Waals surface area (Å²) in [5, 5.41) is 9.27. The number of methoxy groups -OCH3 is 1. The van der Waals surface area contributed by atoms with Crippen LogP contribution in [0.1, 0.15) is 130 Å². The van der Waals surface area contributed by atoms with Gasteiger partial charge in [-0.2, -0.15) is 48.3 Å². The van der Waals surface area contributed by atoms with E-state index in [1.807, 2.05) is 34.6 Å². The van der Waals surface area contributed by atoms with Crippen molar-refractivity contribution in [1.29, 1.82) is 0 Å². The third-order valence-electron chi connectivity index (χ3n) is 10.4. The smallest absolute Gasteiger partial charge is 0.455 e. The second-order valence-corrected chi connectivity index (χ2v) is 17.7. The molecule has 1 N–H and O–H groups in total. The summed E-state index contributed by atoms with van der Waals surface area (Å²) >= 11 is 0. The molecule has 0 aromatic heterocycles. The van der Waals surface area contributed by atoms with Gasteiger partial charge in [0.15, 0.2) is 5.60 Å². The summed E-state index contributed by atoms with van der Waals surface area (Å²) in [5.41, 5.74) is -14.3. The molecular formula is C39H63F11O11. The molecule has 1 saturated heterocycles. The highest BCUT2D eigenvalue weighted by atomic mass is 19.4. The lowest BCUT2D eigenvalue weighted by Gasteiger charge is -2.44. The lowest BCUT2D eigenvalue weighted by Crippen LogP contribution is -2.70. The molecule has 3 atom stereocenters. The molecule has 362 valence electrons.